The van der Waals surface area contributed by atoms with Crippen LogP contribution in [-0.4, -0.2) is 5.78 Å². The Balaban J connectivity index is 2.00. The Hall–Kier alpha value is -0.590. The molecule has 84 valence electrons. The molecule has 15 heavy (non-hydrogen) atoms. The van der Waals surface area contributed by atoms with Crippen molar-refractivity contribution in [3.8, 4) is 0 Å². The van der Waals surface area contributed by atoms with E-state index in [9.17, 15) is 4.79 Å². The van der Waals surface area contributed by atoms with Crippen LogP contribution in [0, 0.1) is 17.8 Å². The van der Waals surface area contributed by atoms with Crippen LogP contribution in [0.1, 0.15) is 52.4 Å². The normalized spacial score (nSPS) is 37.6. The second-order valence-electron chi connectivity index (χ2n) is 5.64. The number of hydrogen-bond donors (Lipinski definition) is 0. The second kappa shape index (κ2) is 4.51. The SMILES string of the molecule is CC1CC(C)CC(C2=CCC(=O)CC2)C1. The van der Waals surface area contributed by atoms with Gasteiger partial charge >= 0.3 is 0 Å². The highest BCUT2D eigenvalue weighted by Gasteiger charge is 2.27. The molecule has 0 heterocycles. The van der Waals surface area contributed by atoms with Crippen LogP contribution in [0.4, 0.5) is 0 Å². The summed E-state index contributed by atoms with van der Waals surface area (Å²) in [5, 5.41) is 0. The highest BCUT2D eigenvalue weighted by Crippen LogP contribution is 2.39. The van der Waals surface area contributed by atoms with Crippen molar-refractivity contribution in [3.63, 3.8) is 0 Å². The summed E-state index contributed by atoms with van der Waals surface area (Å²) in [4.78, 5) is 11.2. The van der Waals surface area contributed by atoms with Crippen LogP contribution >= 0.6 is 0 Å². The molecule has 0 aliphatic heterocycles. The third kappa shape index (κ3) is 2.70. The fraction of sp³-hybridized carbons (Fsp3) is 0.786. The number of Topliss-reactive ketones (excluding diaryl/α,β-unsaturated/α-hetero) is 1. The molecule has 0 spiro atoms. The molecule has 0 aromatic carbocycles. The van der Waals surface area contributed by atoms with Crippen LogP contribution < -0.4 is 0 Å². The predicted molar refractivity (Wildman–Crippen MR) is 62.6 cm³/mol. The highest BCUT2D eigenvalue weighted by molar-refractivity contribution is 5.81. The van der Waals surface area contributed by atoms with Crippen molar-refractivity contribution in [2.75, 3.05) is 0 Å². The minimum Gasteiger partial charge on any atom is -0.299 e. The Bertz CT molecular complexity index is 267. The summed E-state index contributed by atoms with van der Waals surface area (Å²) in [6.07, 6.45) is 8.86. The lowest BCUT2D eigenvalue weighted by molar-refractivity contribution is -0.118. The van der Waals surface area contributed by atoms with Crippen molar-refractivity contribution in [1.82, 2.24) is 0 Å². The fourth-order valence-electron chi connectivity index (χ4n) is 3.35. The third-order valence-corrected chi connectivity index (χ3v) is 3.99. The van der Waals surface area contributed by atoms with E-state index in [0.29, 0.717) is 12.2 Å². The number of hydrogen-bond acceptors (Lipinski definition) is 1. The maximum Gasteiger partial charge on any atom is 0.136 e. The molecule has 2 aliphatic rings. The van der Waals surface area contributed by atoms with E-state index in [-0.39, 0.29) is 0 Å². The Morgan fingerprint density at radius 2 is 1.73 bits per heavy atom. The van der Waals surface area contributed by atoms with Crippen LogP contribution in [0.3, 0.4) is 0 Å². The smallest absolute Gasteiger partial charge is 0.136 e. The molecule has 0 radical (unpaired) electrons. The molecule has 1 heteroatoms. The van der Waals surface area contributed by atoms with Gasteiger partial charge in [-0.25, -0.2) is 0 Å². The first-order valence-electron chi connectivity index (χ1n) is 6.35. The lowest BCUT2D eigenvalue weighted by atomic mass is 9.72. The molecule has 0 amide bonds. The first-order chi connectivity index (χ1) is 7.15. The van der Waals surface area contributed by atoms with Crippen molar-refractivity contribution < 1.29 is 4.79 Å². The molecule has 1 fully saturated rings. The van der Waals surface area contributed by atoms with Crippen molar-refractivity contribution in [1.29, 1.82) is 0 Å². The zero-order chi connectivity index (χ0) is 10.8. The molecule has 1 saturated carbocycles. The number of carbonyl (C=O) groups excluding carboxylic acids is 1. The Morgan fingerprint density at radius 3 is 2.27 bits per heavy atom. The summed E-state index contributed by atoms with van der Waals surface area (Å²) in [5.41, 5.74) is 1.59. The highest BCUT2D eigenvalue weighted by atomic mass is 16.1. The Labute approximate surface area is 92.9 Å². The zero-order valence-electron chi connectivity index (χ0n) is 9.96. The van der Waals surface area contributed by atoms with E-state index in [1.807, 2.05) is 0 Å². The van der Waals surface area contributed by atoms with Gasteiger partial charge in [-0.1, -0.05) is 25.5 Å². The summed E-state index contributed by atoms with van der Waals surface area (Å²) in [6.45, 7) is 4.74. The van der Waals surface area contributed by atoms with Crippen molar-refractivity contribution >= 4 is 5.78 Å². The van der Waals surface area contributed by atoms with E-state index in [2.05, 4.69) is 19.9 Å². The van der Waals surface area contributed by atoms with Gasteiger partial charge in [-0.05, 0) is 43.4 Å². The minimum absolute atomic E-state index is 0.427. The average Bonchev–Trinajstić information content (AvgIpc) is 2.17. The quantitative estimate of drug-likeness (QED) is 0.597. The lowest BCUT2D eigenvalue weighted by Gasteiger charge is -2.34. The van der Waals surface area contributed by atoms with Crippen LogP contribution in [0.25, 0.3) is 0 Å². The van der Waals surface area contributed by atoms with E-state index >= 15 is 0 Å². The molecule has 2 atom stereocenters. The molecule has 0 saturated heterocycles. The van der Waals surface area contributed by atoms with Crippen molar-refractivity contribution in [2.24, 2.45) is 17.8 Å². The van der Waals surface area contributed by atoms with Gasteiger partial charge in [0.05, 0.1) is 0 Å². The average molecular weight is 206 g/mol. The van der Waals surface area contributed by atoms with Gasteiger partial charge in [0.15, 0.2) is 0 Å². The number of carbonyl (C=O) groups is 1. The van der Waals surface area contributed by atoms with Gasteiger partial charge < -0.3 is 0 Å². The first-order valence-corrected chi connectivity index (χ1v) is 6.35. The van der Waals surface area contributed by atoms with Gasteiger partial charge in [0.1, 0.15) is 5.78 Å². The molecule has 2 rings (SSSR count). The summed E-state index contributed by atoms with van der Waals surface area (Å²) in [5.74, 6) is 2.96. The molecule has 0 bridgehead atoms. The third-order valence-electron chi connectivity index (χ3n) is 3.99. The maximum atomic E-state index is 11.2. The van der Waals surface area contributed by atoms with Crippen LogP contribution in [0.15, 0.2) is 11.6 Å². The second-order valence-corrected chi connectivity index (χ2v) is 5.64. The molecule has 1 nitrogen and oxygen atoms in total. The van der Waals surface area contributed by atoms with Crippen molar-refractivity contribution in [3.05, 3.63) is 11.6 Å². The molecule has 2 aliphatic carbocycles. The molecule has 0 aromatic rings. The number of ketones is 1. The Kier molecular flexibility index (Phi) is 3.28. The van der Waals surface area contributed by atoms with Crippen molar-refractivity contribution in [2.45, 2.75) is 52.4 Å². The van der Waals surface area contributed by atoms with Gasteiger partial charge in [-0.3, -0.25) is 4.79 Å². The number of allylic oxidation sites excluding steroid dienone is 2. The molecular formula is C14H22O. The topological polar surface area (TPSA) is 17.1 Å². The summed E-state index contributed by atoms with van der Waals surface area (Å²) < 4.78 is 0. The number of rotatable bonds is 1. The van der Waals surface area contributed by atoms with Gasteiger partial charge in [0.2, 0.25) is 0 Å². The monoisotopic (exact) mass is 206 g/mol. The maximum absolute atomic E-state index is 11.2. The fourth-order valence-corrected chi connectivity index (χ4v) is 3.35. The minimum atomic E-state index is 0.427. The van der Waals surface area contributed by atoms with Gasteiger partial charge in [0.25, 0.3) is 0 Å². The van der Waals surface area contributed by atoms with E-state index in [4.69, 9.17) is 0 Å². The molecular weight excluding hydrogens is 184 g/mol. The molecule has 0 N–H and O–H groups in total. The van der Waals surface area contributed by atoms with Crippen LogP contribution in [-0.2, 0) is 4.79 Å². The lowest BCUT2D eigenvalue weighted by Crippen LogP contribution is -2.22. The van der Waals surface area contributed by atoms with Gasteiger partial charge in [-0.15, -0.1) is 0 Å². The predicted octanol–water partition coefficient (Wildman–Crippen LogP) is 3.74. The van der Waals surface area contributed by atoms with Gasteiger partial charge in [0, 0.05) is 12.8 Å². The first kappa shape index (κ1) is 10.9. The van der Waals surface area contributed by atoms with E-state index in [0.717, 1.165) is 30.6 Å². The van der Waals surface area contributed by atoms with Crippen LogP contribution in [0.2, 0.25) is 0 Å². The van der Waals surface area contributed by atoms with Crippen LogP contribution in [0.5, 0.6) is 0 Å². The Morgan fingerprint density at radius 1 is 1.07 bits per heavy atom. The molecule has 2 unspecified atom stereocenters. The van der Waals surface area contributed by atoms with E-state index in [1.54, 1.807) is 5.57 Å². The van der Waals surface area contributed by atoms with Gasteiger partial charge in [-0.2, -0.15) is 0 Å². The largest absolute Gasteiger partial charge is 0.299 e. The summed E-state index contributed by atoms with van der Waals surface area (Å²) in [6, 6.07) is 0. The standard InChI is InChI=1S/C14H22O/c1-10-7-11(2)9-13(8-10)12-3-5-14(15)6-4-12/h3,10-11,13H,4-9H2,1-2H3. The zero-order valence-corrected chi connectivity index (χ0v) is 9.96. The van der Waals surface area contributed by atoms with E-state index < -0.39 is 0 Å². The molecule has 0 aromatic heterocycles. The van der Waals surface area contributed by atoms with E-state index in [1.165, 1.54) is 19.3 Å². The summed E-state index contributed by atoms with van der Waals surface area (Å²) in [7, 11) is 0. The summed E-state index contributed by atoms with van der Waals surface area (Å²) >= 11 is 0.